The van der Waals surface area contributed by atoms with E-state index in [1.165, 1.54) is 38.5 Å². The van der Waals surface area contributed by atoms with Gasteiger partial charge in [-0.15, -0.1) is 0 Å². The van der Waals surface area contributed by atoms with Crippen molar-refractivity contribution in [2.75, 3.05) is 26.1 Å². The van der Waals surface area contributed by atoms with Crippen LogP contribution in [0, 0.1) is 0 Å². The number of halogens is 2. The molecule has 0 unspecified atom stereocenters. The zero-order valence-electron chi connectivity index (χ0n) is 14.4. The Hall–Kier alpha value is -2.77. The van der Waals surface area contributed by atoms with E-state index in [0.717, 1.165) is 0 Å². The minimum atomic E-state index is -0.916. The maximum atomic E-state index is 12.4. The van der Waals surface area contributed by atoms with E-state index in [2.05, 4.69) is 5.32 Å². The Morgan fingerprint density at radius 1 is 1.11 bits per heavy atom. The summed E-state index contributed by atoms with van der Waals surface area (Å²) in [6.45, 7) is -0.611. The summed E-state index contributed by atoms with van der Waals surface area (Å²) in [6, 6.07) is 7.40. The standard InChI is InChI=1S/C18H15Cl2NO6/c1-25-14-6-3-10(8-22)16(17(14)26-2)18(24)27-9-15(23)21-13-7-11(19)4-5-12(13)20/h3-8H,9H2,1-2H3,(H,21,23). The summed E-state index contributed by atoms with van der Waals surface area (Å²) >= 11 is 11.8. The van der Waals surface area contributed by atoms with E-state index < -0.39 is 18.5 Å². The Labute approximate surface area is 165 Å². The number of hydrogen-bond acceptors (Lipinski definition) is 6. The Morgan fingerprint density at radius 2 is 1.85 bits per heavy atom. The molecule has 0 saturated heterocycles. The third-order valence-electron chi connectivity index (χ3n) is 3.45. The second-order valence-corrected chi connectivity index (χ2v) is 5.98. The van der Waals surface area contributed by atoms with Gasteiger partial charge in [0.15, 0.2) is 24.4 Å². The molecule has 1 N–H and O–H groups in total. The Balaban J connectivity index is 2.14. The molecule has 0 saturated carbocycles. The number of methoxy groups -OCH3 is 2. The predicted molar refractivity (Wildman–Crippen MR) is 100 cm³/mol. The first-order chi connectivity index (χ1) is 12.9. The van der Waals surface area contributed by atoms with Gasteiger partial charge in [0.2, 0.25) is 0 Å². The van der Waals surface area contributed by atoms with Crippen molar-refractivity contribution in [2.45, 2.75) is 0 Å². The van der Waals surface area contributed by atoms with Crippen molar-refractivity contribution >= 4 is 47.1 Å². The third kappa shape index (κ3) is 4.90. The van der Waals surface area contributed by atoms with Crippen molar-refractivity contribution in [1.82, 2.24) is 0 Å². The van der Waals surface area contributed by atoms with Gasteiger partial charge in [0, 0.05) is 10.6 Å². The number of esters is 1. The van der Waals surface area contributed by atoms with Crippen LogP contribution in [0.5, 0.6) is 11.5 Å². The maximum Gasteiger partial charge on any atom is 0.343 e. The predicted octanol–water partition coefficient (Wildman–Crippen LogP) is 3.62. The first-order valence-electron chi connectivity index (χ1n) is 7.53. The summed E-state index contributed by atoms with van der Waals surface area (Å²) in [6.07, 6.45) is 0.477. The summed E-state index contributed by atoms with van der Waals surface area (Å²) in [4.78, 5) is 35.7. The van der Waals surface area contributed by atoms with E-state index in [1.54, 1.807) is 6.07 Å². The van der Waals surface area contributed by atoms with E-state index in [-0.39, 0.29) is 33.3 Å². The molecule has 0 aliphatic carbocycles. The van der Waals surface area contributed by atoms with Crippen LogP contribution in [0.2, 0.25) is 10.0 Å². The molecule has 0 radical (unpaired) electrons. The molecule has 2 aromatic carbocycles. The fourth-order valence-corrected chi connectivity index (χ4v) is 2.57. The fourth-order valence-electron chi connectivity index (χ4n) is 2.23. The van der Waals surface area contributed by atoms with Crippen molar-refractivity contribution in [2.24, 2.45) is 0 Å². The average molecular weight is 412 g/mol. The number of carbonyl (C=O) groups is 3. The molecule has 0 aliphatic rings. The van der Waals surface area contributed by atoms with Crippen molar-refractivity contribution in [1.29, 1.82) is 0 Å². The van der Waals surface area contributed by atoms with Gasteiger partial charge in [-0.1, -0.05) is 23.2 Å². The van der Waals surface area contributed by atoms with Crippen LogP contribution >= 0.6 is 23.2 Å². The molecule has 0 atom stereocenters. The maximum absolute atomic E-state index is 12.4. The lowest BCUT2D eigenvalue weighted by Crippen LogP contribution is -2.22. The molecule has 2 aromatic rings. The van der Waals surface area contributed by atoms with Crippen LogP contribution in [0.1, 0.15) is 20.7 Å². The molecule has 0 aromatic heterocycles. The Bertz CT molecular complexity index is 884. The van der Waals surface area contributed by atoms with Gasteiger partial charge in [-0.3, -0.25) is 9.59 Å². The first kappa shape index (κ1) is 20.5. The summed E-state index contributed by atoms with van der Waals surface area (Å²) < 4.78 is 15.2. The van der Waals surface area contributed by atoms with Crippen molar-refractivity contribution in [3.05, 3.63) is 51.5 Å². The molecule has 9 heteroatoms. The van der Waals surface area contributed by atoms with Crippen LogP contribution in [0.15, 0.2) is 30.3 Å². The summed E-state index contributed by atoms with van der Waals surface area (Å²) in [5, 5.41) is 3.13. The van der Waals surface area contributed by atoms with Crippen LogP contribution in [0.25, 0.3) is 0 Å². The minimum absolute atomic E-state index is 0.0328. The van der Waals surface area contributed by atoms with Gasteiger partial charge in [-0.05, 0) is 30.3 Å². The molecule has 0 spiro atoms. The smallest absolute Gasteiger partial charge is 0.343 e. The normalized spacial score (nSPS) is 10.1. The molecule has 27 heavy (non-hydrogen) atoms. The molecule has 1 amide bonds. The van der Waals surface area contributed by atoms with E-state index in [4.69, 9.17) is 37.4 Å². The topological polar surface area (TPSA) is 90.9 Å². The lowest BCUT2D eigenvalue weighted by molar-refractivity contribution is -0.119. The largest absolute Gasteiger partial charge is 0.493 e. The van der Waals surface area contributed by atoms with Gasteiger partial charge in [-0.2, -0.15) is 0 Å². The molecular formula is C18H15Cl2NO6. The van der Waals surface area contributed by atoms with Crippen molar-refractivity contribution < 1.29 is 28.6 Å². The molecule has 2 rings (SSSR count). The lowest BCUT2D eigenvalue weighted by atomic mass is 10.1. The number of rotatable bonds is 7. The van der Waals surface area contributed by atoms with Gasteiger partial charge in [-0.25, -0.2) is 4.79 Å². The number of nitrogens with one attached hydrogen (secondary N) is 1. The molecule has 7 nitrogen and oxygen atoms in total. The molecule has 0 aliphatic heterocycles. The fraction of sp³-hybridized carbons (Fsp3) is 0.167. The van der Waals surface area contributed by atoms with Crippen molar-refractivity contribution in [3.8, 4) is 11.5 Å². The van der Waals surface area contributed by atoms with Gasteiger partial charge in [0.05, 0.1) is 24.9 Å². The SMILES string of the molecule is COc1ccc(C=O)c(C(=O)OCC(=O)Nc2cc(Cl)ccc2Cl)c1OC. The summed E-state index contributed by atoms with van der Waals surface area (Å²) in [5.41, 5.74) is 0.175. The Morgan fingerprint density at radius 3 is 2.48 bits per heavy atom. The zero-order chi connectivity index (χ0) is 20.0. The highest BCUT2D eigenvalue weighted by Crippen LogP contribution is 2.33. The highest BCUT2D eigenvalue weighted by Gasteiger charge is 2.23. The monoisotopic (exact) mass is 411 g/mol. The highest BCUT2D eigenvalue weighted by atomic mass is 35.5. The molecular weight excluding hydrogens is 397 g/mol. The first-order valence-corrected chi connectivity index (χ1v) is 8.29. The highest BCUT2D eigenvalue weighted by molar-refractivity contribution is 6.35. The lowest BCUT2D eigenvalue weighted by Gasteiger charge is -2.14. The van der Waals surface area contributed by atoms with E-state index in [9.17, 15) is 14.4 Å². The van der Waals surface area contributed by atoms with Crippen LogP contribution in [0.3, 0.4) is 0 Å². The number of aldehydes is 1. The number of anilines is 1. The van der Waals surface area contributed by atoms with Crippen LogP contribution in [-0.2, 0) is 9.53 Å². The number of ether oxygens (including phenoxy) is 3. The molecule has 0 heterocycles. The number of hydrogen-bond donors (Lipinski definition) is 1. The molecule has 0 fully saturated rings. The number of amides is 1. The van der Waals surface area contributed by atoms with E-state index in [1.807, 2.05) is 0 Å². The third-order valence-corrected chi connectivity index (χ3v) is 4.01. The summed E-state index contributed by atoms with van der Waals surface area (Å²) in [5.74, 6) is -1.28. The van der Waals surface area contributed by atoms with Crippen LogP contribution in [0.4, 0.5) is 5.69 Å². The van der Waals surface area contributed by atoms with Crippen LogP contribution in [-0.4, -0.2) is 39.0 Å². The summed E-state index contributed by atoms with van der Waals surface area (Å²) in [7, 11) is 2.70. The zero-order valence-corrected chi connectivity index (χ0v) is 15.9. The second-order valence-electron chi connectivity index (χ2n) is 5.13. The van der Waals surface area contributed by atoms with Gasteiger partial charge >= 0.3 is 5.97 Å². The van der Waals surface area contributed by atoms with Crippen LogP contribution < -0.4 is 14.8 Å². The number of carbonyl (C=O) groups excluding carboxylic acids is 3. The van der Waals surface area contributed by atoms with Crippen molar-refractivity contribution in [3.63, 3.8) is 0 Å². The average Bonchev–Trinajstić information content (AvgIpc) is 2.67. The van der Waals surface area contributed by atoms with Gasteiger partial charge < -0.3 is 19.5 Å². The quantitative estimate of drug-likeness (QED) is 0.552. The Kier molecular flexibility index (Phi) is 7.04. The molecule has 142 valence electrons. The van der Waals surface area contributed by atoms with Gasteiger partial charge in [0.25, 0.3) is 5.91 Å². The van der Waals surface area contributed by atoms with E-state index in [0.29, 0.717) is 11.3 Å². The van der Waals surface area contributed by atoms with E-state index >= 15 is 0 Å². The van der Waals surface area contributed by atoms with Gasteiger partial charge in [0.1, 0.15) is 5.56 Å². The second kappa shape index (κ2) is 9.25. The molecule has 0 bridgehead atoms. The minimum Gasteiger partial charge on any atom is -0.493 e. The number of benzene rings is 2.